The largest absolute Gasteiger partial charge is 0.493 e. The number of carbonyl (C=O) groups is 3. The minimum absolute atomic E-state index is 0.108. The van der Waals surface area contributed by atoms with Crippen molar-refractivity contribution >= 4 is 17.8 Å². The first-order valence-corrected chi connectivity index (χ1v) is 11.6. The van der Waals surface area contributed by atoms with Crippen molar-refractivity contribution in [2.75, 3.05) is 13.9 Å². The highest BCUT2D eigenvalue weighted by atomic mass is 19.4. The number of hydrogen-bond acceptors (Lipinski definition) is 9. The Morgan fingerprint density at radius 2 is 1.79 bits per heavy atom. The van der Waals surface area contributed by atoms with E-state index in [4.69, 9.17) is 23.7 Å². The van der Waals surface area contributed by atoms with Crippen molar-refractivity contribution in [3.05, 3.63) is 60.4 Å². The van der Waals surface area contributed by atoms with Crippen molar-refractivity contribution in [3.8, 4) is 17.2 Å². The molecular formula is C26H29F3N2O8. The van der Waals surface area contributed by atoms with E-state index in [1.807, 2.05) is 0 Å². The van der Waals surface area contributed by atoms with Crippen molar-refractivity contribution in [1.82, 2.24) is 10.3 Å². The number of esters is 2. The topological polar surface area (TPSA) is 122 Å². The average molecular weight is 555 g/mol. The van der Waals surface area contributed by atoms with Crippen LogP contribution in [0, 0.1) is 0 Å². The number of amides is 1. The van der Waals surface area contributed by atoms with Gasteiger partial charge >= 0.3 is 18.1 Å². The lowest BCUT2D eigenvalue weighted by Crippen LogP contribution is -2.43. The number of ether oxygens (including phenoxy) is 5. The van der Waals surface area contributed by atoms with Gasteiger partial charge in [-0.2, -0.15) is 13.2 Å². The second kappa shape index (κ2) is 14.0. The van der Waals surface area contributed by atoms with Crippen LogP contribution in [0.1, 0.15) is 43.2 Å². The van der Waals surface area contributed by atoms with Crippen LogP contribution in [0.25, 0.3) is 0 Å². The Morgan fingerprint density at radius 1 is 1.13 bits per heavy atom. The van der Waals surface area contributed by atoms with E-state index in [0.717, 1.165) is 12.1 Å². The molecule has 1 amide bonds. The normalized spacial score (nSPS) is 13.3. The molecule has 1 aromatic carbocycles. The van der Waals surface area contributed by atoms with Crippen LogP contribution in [0.15, 0.2) is 49.2 Å². The van der Waals surface area contributed by atoms with Crippen LogP contribution in [0.4, 0.5) is 13.2 Å². The lowest BCUT2D eigenvalue weighted by molar-refractivity contribution is -0.154. The van der Waals surface area contributed by atoms with Crippen LogP contribution in [0.3, 0.4) is 0 Å². The van der Waals surface area contributed by atoms with E-state index in [1.54, 1.807) is 0 Å². The molecule has 39 heavy (non-hydrogen) atoms. The van der Waals surface area contributed by atoms with Crippen LogP contribution in [0.5, 0.6) is 17.2 Å². The van der Waals surface area contributed by atoms with Gasteiger partial charge in [0.2, 0.25) is 6.79 Å². The molecule has 212 valence electrons. The highest BCUT2D eigenvalue weighted by Gasteiger charge is 2.31. The number of nitrogens with zero attached hydrogens (tertiary/aromatic N) is 1. The number of pyridine rings is 1. The van der Waals surface area contributed by atoms with Crippen molar-refractivity contribution in [2.24, 2.45) is 0 Å². The molecular weight excluding hydrogens is 525 g/mol. The fourth-order valence-corrected chi connectivity index (χ4v) is 3.15. The summed E-state index contributed by atoms with van der Waals surface area (Å²) in [6, 6.07) is 4.37. The number of halogens is 3. The Balaban J connectivity index is 2.06. The lowest BCUT2D eigenvalue weighted by atomic mass is 10.1. The molecule has 10 nitrogen and oxygen atoms in total. The van der Waals surface area contributed by atoms with E-state index in [2.05, 4.69) is 16.9 Å². The maximum Gasteiger partial charge on any atom is 0.416 e. The summed E-state index contributed by atoms with van der Waals surface area (Å²) in [5, 5.41) is 2.45. The molecule has 0 spiro atoms. The van der Waals surface area contributed by atoms with Gasteiger partial charge in [0.15, 0.2) is 17.2 Å². The molecule has 1 heterocycles. The van der Waals surface area contributed by atoms with Crippen LogP contribution in [-0.4, -0.2) is 55.0 Å². The van der Waals surface area contributed by atoms with E-state index in [1.165, 1.54) is 58.4 Å². The smallest absolute Gasteiger partial charge is 0.416 e. The summed E-state index contributed by atoms with van der Waals surface area (Å²) < 4.78 is 64.9. The molecule has 0 bridgehead atoms. The van der Waals surface area contributed by atoms with Crippen LogP contribution in [0.2, 0.25) is 0 Å². The number of methoxy groups -OCH3 is 1. The predicted molar refractivity (Wildman–Crippen MR) is 131 cm³/mol. The quantitative estimate of drug-likeness (QED) is 0.222. The third kappa shape index (κ3) is 9.20. The van der Waals surface area contributed by atoms with Gasteiger partial charge in [-0.15, -0.1) is 6.58 Å². The lowest BCUT2D eigenvalue weighted by Gasteiger charge is -2.26. The van der Waals surface area contributed by atoms with Gasteiger partial charge < -0.3 is 29.0 Å². The van der Waals surface area contributed by atoms with Crippen molar-refractivity contribution in [3.63, 3.8) is 0 Å². The molecule has 0 unspecified atom stereocenters. The fraction of sp³-hybridized carbons (Fsp3) is 0.385. The molecule has 0 aliphatic heterocycles. The van der Waals surface area contributed by atoms with Gasteiger partial charge in [0, 0.05) is 25.6 Å². The highest BCUT2D eigenvalue weighted by Crippen LogP contribution is 2.31. The zero-order valence-corrected chi connectivity index (χ0v) is 21.7. The Bertz CT molecular complexity index is 1150. The molecule has 0 radical (unpaired) electrons. The second-order valence-electron chi connectivity index (χ2n) is 8.13. The van der Waals surface area contributed by atoms with E-state index in [0.29, 0.717) is 0 Å². The van der Waals surface area contributed by atoms with E-state index >= 15 is 0 Å². The number of alkyl halides is 3. The predicted octanol–water partition coefficient (Wildman–Crippen LogP) is 4.08. The molecule has 1 aromatic heterocycles. The summed E-state index contributed by atoms with van der Waals surface area (Å²) in [7, 11) is 1.34. The van der Waals surface area contributed by atoms with Gasteiger partial charge in [0.05, 0.1) is 12.7 Å². The zero-order valence-electron chi connectivity index (χ0n) is 21.7. The summed E-state index contributed by atoms with van der Waals surface area (Å²) in [6.07, 6.45) is -3.11. The Labute approximate surface area is 223 Å². The first-order valence-electron chi connectivity index (χ1n) is 11.6. The third-order valence-electron chi connectivity index (χ3n) is 5.16. The number of hydrogen-bond donors (Lipinski definition) is 1. The van der Waals surface area contributed by atoms with Crippen molar-refractivity contribution in [2.45, 2.75) is 51.6 Å². The highest BCUT2D eigenvalue weighted by molar-refractivity contribution is 5.98. The monoisotopic (exact) mass is 554 g/mol. The summed E-state index contributed by atoms with van der Waals surface area (Å²) in [5.41, 5.74) is -1.06. The van der Waals surface area contributed by atoms with Gasteiger partial charge in [-0.05, 0) is 38.1 Å². The molecule has 1 N–H and O–H groups in total. The molecule has 3 atom stereocenters. The summed E-state index contributed by atoms with van der Waals surface area (Å²) >= 11 is 0. The van der Waals surface area contributed by atoms with Crippen molar-refractivity contribution in [1.29, 1.82) is 0 Å². The minimum Gasteiger partial charge on any atom is -0.493 e. The second-order valence-corrected chi connectivity index (χ2v) is 8.13. The number of aromatic nitrogens is 1. The molecule has 0 saturated carbocycles. The average Bonchev–Trinajstić information content (AvgIpc) is 2.87. The summed E-state index contributed by atoms with van der Waals surface area (Å²) in [5.74, 6) is -2.04. The van der Waals surface area contributed by atoms with Gasteiger partial charge in [0.25, 0.3) is 5.91 Å². The maximum absolute atomic E-state index is 12.9. The molecule has 0 aliphatic rings. The van der Waals surface area contributed by atoms with E-state index < -0.39 is 54.6 Å². The number of rotatable bonds is 13. The van der Waals surface area contributed by atoms with Crippen LogP contribution >= 0.6 is 0 Å². The Hall–Kier alpha value is -4.29. The number of benzene rings is 1. The van der Waals surface area contributed by atoms with Crippen LogP contribution in [-0.2, 0) is 25.2 Å². The molecule has 13 heteroatoms. The summed E-state index contributed by atoms with van der Waals surface area (Å²) in [4.78, 5) is 40.6. The number of carbonyl (C=O) groups excluding carboxylic acids is 3. The first kappa shape index (κ1) is 30.9. The van der Waals surface area contributed by atoms with Crippen LogP contribution < -0.4 is 19.5 Å². The van der Waals surface area contributed by atoms with Gasteiger partial charge in [0.1, 0.15) is 24.0 Å². The minimum atomic E-state index is -4.49. The summed E-state index contributed by atoms with van der Waals surface area (Å²) in [6.45, 7) is 7.22. The standard InChI is InChI=1S/C26H29F3N2O8/c1-6-7-20(39-19-10-8-18(9-11-19)26(27,28)29)16(3)38-25(34)15(2)31-24(33)22-23(37-14-36-17(4)32)21(35-5)12-13-30-22/h6,8-13,15-16,20H,1,7,14H2,2-5H3,(H,31,33)/t15-,16-,20+/m0/s1. The SMILES string of the molecule is C=CC[C@@H](Oc1ccc(C(F)(F)F)cc1)[C@H](C)OC(=O)[C@H](C)NC(=O)c1nccc(OC)c1OCOC(C)=O. The molecule has 0 fully saturated rings. The number of nitrogens with one attached hydrogen (secondary N) is 1. The van der Waals surface area contributed by atoms with Gasteiger partial charge in [-0.25, -0.2) is 9.78 Å². The third-order valence-corrected chi connectivity index (χ3v) is 5.16. The Morgan fingerprint density at radius 3 is 2.36 bits per heavy atom. The van der Waals surface area contributed by atoms with Gasteiger partial charge in [-0.1, -0.05) is 6.08 Å². The zero-order chi connectivity index (χ0) is 29.2. The van der Waals surface area contributed by atoms with Crippen molar-refractivity contribution < 1.29 is 51.2 Å². The molecule has 2 aromatic rings. The van der Waals surface area contributed by atoms with E-state index in [9.17, 15) is 27.6 Å². The molecule has 0 aliphatic carbocycles. The molecule has 2 rings (SSSR count). The molecule has 0 saturated heterocycles. The van der Waals surface area contributed by atoms with E-state index in [-0.39, 0.29) is 29.4 Å². The maximum atomic E-state index is 12.9. The Kier molecular flexibility index (Phi) is 11.1. The first-order chi connectivity index (χ1) is 18.4. The van der Waals surface area contributed by atoms with Gasteiger partial charge in [-0.3, -0.25) is 9.59 Å². The fourth-order valence-electron chi connectivity index (χ4n) is 3.15.